The molecule has 1 amide bonds. The van der Waals surface area contributed by atoms with Gasteiger partial charge in [0.1, 0.15) is 11.3 Å². The number of carbonyl (C=O) groups excluding carboxylic acids is 3. The lowest BCUT2D eigenvalue weighted by molar-refractivity contribution is -0.119. The van der Waals surface area contributed by atoms with Crippen LogP contribution in [-0.4, -0.2) is 36.7 Å². The molecule has 0 saturated heterocycles. The summed E-state index contributed by atoms with van der Waals surface area (Å²) in [5, 5.41) is 12.4. The average Bonchev–Trinajstić information content (AvgIpc) is 2.61. The predicted octanol–water partition coefficient (Wildman–Crippen LogP) is 2.63. The van der Waals surface area contributed by atoms with Crippen LogP contribution in [0.3, 0.4) is 0 Å². The molecule has 130 valence electrons. The Kier molecular flexibility index (Phi) is 5.97. The summed E-state index contributed by atoms with van der Waals surface area (Å²) < 4.78 is 9.40. The van der Waals surface area contributed by atoms with Crippen molar-refractivity contribution in [3.63, 3.8) is 0 Å². The van der Waals surface area contributed by atoms with Crippen LogP contribution in [0.5, 0.6) is 5.75 Å². The third-order valence-corrected chi connectivity index (χ3v) is 3.34. The molecule has 7 nitrogen and oxygen atoms in total. The smallest absolute Gasteiger partial charge is 0.342 e. The van der Waals surface area contributed by atoms with E-state index < -0.39 is 24.5 Å². The Balaban J connectivity index is 1.91. The first-order valence-electron chi connectivity index (χ1n) is 7.04. The van der Waals surface area contributed by atoms with Gasteiger partial charge in [0.25, 0.3) is 5.91 Å². The van der Waals surface area contributed by atoms with E-state index in [2.05, 4.69) is 10.1 Å². The lowest BCUT2D eigenvalue weighted by Crippen LogP contribution is -2.21. The summed E-state index contributed by atoms with van der Waals surface area (Å²) >= 11 is 5.75. The molecule has 2 aromatic rings. The van der Waals surface area contributed by atoms with Crippen LogP contribution in [-0.2, 0) is 14.3 Å². The molecule has 0 aromatic heterocycles. The number of hydrogen-bond acceptors (Lipinski definition) is 6. The normalized spacial score (nSPS) is 10.0. The molecule has 0 aliphatic rings. The van der Waals surface area contributed by atoms with Gasteiger partial charge in [-0.15, -0.1) is 0 Å². The van der Waals surface area contributed by atoms with Crippen molar-refractivity contribution in [3.8, 4) is 5.75 Å². The van der Waals surface area contributed by atoms with Crippen molar-refractivity contribution in [2.75, 3.05) is 19.0 Å². The number of halogens is 1. The SMILES string of the molecule is COC(=O)c1ccc(NC(=O)COC(=O)c2cc(Cl)ccc2O)cc1. The molecule has 25 heavy (non-hydrogen) atoms. The number of amides is 1. The second-order valence-electron chi connectivity index (χ2n) is 4.85. The third-order valence-electron chi connectivity index (χ3n) is 3.10. The second-order valence-corrected chi connectivity index (χ2v) is 5.29. The molecule has 0 spiro atoms. The molecule has 8 heteroatoms. The van der Waals surface area contributed by atoms with Gasteiger partial charge in [0.2, 0.25) is 0 Å². The van der Waals surface area contributed by atoms with Gasteiger partial charge in [-0.25, -0.2) is 9.59 Å². The van der Waals surface area contributed by atoms with Crippen molar-refractivity contribution in [3.05, 3.63) is 58.6 Å². The van der Waals surface area contributed by atoms with Gasteiger partial charge >= 0.3 is 11.9 Å². The van der Waals surface area contributed by atoms with Gasteiger partial charge in [-0.1, -0.05) is 11.6 Å². The van der Waals surface area contributed by atoms with Gasteiger partial charge in [-0.05, 0) is 42.5 Å². The molecule has 2 rings (SSSR count). The Morgan fingerprint density at radius 1 is 1.08 bits per heavy atom. The van der Waals surface area contributed by atoms with Crippen LogP contribution in [0.15, 0.2) is 42.5 Å². The molecular formula is C17H14ClNO6. The van der Waals surface area contributed by atoms with Crippen LogP contribution in [0.1, 0.15) is 20.7 Å². The van der Waals surface area contributed by atoms with Gasteiger partial charge < -0.3 is 19.9 Å². The highest BCUT2D eigenvalue weighted by atomic mass is 35.5. The number of aromatic hydroxyl groups is 1. The third kappa shape index (κ3) is 4.95. The standard InChI is InChI=1S/C17H14ClNO6/c1-24-16(22)10-2-5-12(6-3-10)19-15(21)9-25-17(23)13-8-11(18)4-7-14(13)20/h2-8,20H,9H2,1H3,(H,19,21). The van der Waals surface area contributed by atoms with Gasteiger partial charge in [0, 0.05) is 10.7 Å². The van der Waals surface area contributed by atoms with Crippen LogP contribution in [0.2, 0.25) is 5.02 Å². The minimum Gasteiger partial charge on any atom is -0.507 e. The topological polar surface area (TPSA) is 102 Å². The molecule has 0 aliphatic carbocycles. The van der Waals surface area contributed by atoms with E-state index in [1.54, 1.807) is 0 Å². The maximum absolute atomic E-state index is 11.9. The molecule has 0 aliphatic heterocycles. The van der Waals surface area contributed by atoms with E-state index >= 15 is 0 Å². The van der Waals surface area contributed by atoms with Crippen LogP contribution in [0.25, 0.3) is 0 Å². The van der Waals surface area contributed by atoms with E-state index in [1.807, 2.05) is 0 Å². The van der Waals surface area contributed by atoms with Gasteiger partial charge in [-0.3, -0.25) is 4.79 Å². The monoisotopic (exact) mass is 363 g/mol. The molecule has 2 aromatic carbocycles. The van der Waals surface area contributed by atoms with E-state index in [-0.39, 0.29) is 16.3 Å². The first kappa shape index (κ1) is 18.3. The molecule has 0 unspecified atom stereocenters. The minimum absolute atomic E-state index is 0.136. The van der Waals surface area contributed by atoms with Crippen molar-refractivity contribution in [2.24, 2.45) is 0 Å². The maximum Gasteiger partial charge on any atom is 0.342 e. The number of methoxy groups -OCH3 is 1. The van der Waals surface area contributed by atoms with Gasteiger partial charge in [-0.2, -0.15) is 0 Å². The number of ether oxygens (including phenoxy) is 2. The maximum atomic E-state index is 11.9. The summed E-state index contributed by atoms with van der Waals surface area (Å²) in [6.07, 6.45) is 0. The van der Waals surface area contributed by atoms with Crippen LogP contribution in [0.4, 0.5) is 5.69 Å². The molecule has 2 N–H and O–H groups in total. The highest BCUT2D eigenvalue weighted by Gasteiger charge is 2.15. The predicted molar refractivity (Wildman–Crippen MR) is 89.8 cm³/mol. The number of benzene rings is 2. The van der Waals surface area contributed by atoms with Crippen LogP contribution < -0.4 is 5.32 Å². The van der Waals surface area contributed by atoms with Crippen molar-refractivity contribution in [1.82, 2.24) is 0 Å². The number of phenols is 1. The molecule has 0 atom stereocenters. The largest absolute Gasteiger partial charge is 0.507 e. The quantitative estimate of drug-likeness (QED) is 0.792. The first-order valence-corrected chi connectivity index (χ1v) is 7.42. The molecule has 0 saturated carbocycles. The van der Waals surface area contributed by atoms with Crippen LogP contribution >= 0.6 is 11.6 Å². The number of esters is 2. The fraction of sp³-hybridized carbons (Fsp3) is 0.118. The van der Waals surface area contributed by atoms with E-state index in [1.165, 1.54) is 49.6 Å². The summed E-state index contributed by atoms with van der Waals surface area (Å²) in [7, 11) is 1.27. The lowest BCUT2D eigenvalue weighted by Gasteiger charge is -2.08. The Hall–Kier alpha value is -3.06. The van der Waals surface area contributed by atoms with Crippen molar-refractivity contribution >= 4 is 35.1 Å². The summed E-state index contributed by atoms with van der Waals surface area (Å²) in [5.41, 5.74) is 0.616. The summed E-state index contributed by atoms with van der Waals surface area (Å²) in [6.45, 7) is -0.552. The summed E-state index contributed by atoms with van der Waals surface area (Å²) in [6, 6.07) is 9.89. The molecular weight excluding hydrogens is 350 g/mol. The zero-order chi connectivity index (χ0) is 18.4. The molecule has 0 fully saturated rings. The Labute approximate surface area is 148 Å². The average molecular weight is 364 g/mol. The Morgan fingerprint density at radius 3 is 2.40 bits per heavy atom. The highest BCUT2D eigenvalue weighted by molar-refractivity contribution is 6.31. The number of rotatable bonds is 5. The first-order chi connectivity index (χ1) is 11.9. The Morgan fingerprint density at radius 2 is 1.76 bits per heavy atom. The molecule has 0 bridgehead atoms. The van der Waals surface area contributed by atoms with Crippen LogP contribution in [0, 0.1) is 0 Å². The van der Waals surface area contributed by atoms with E-state index in [0.29, 0.717) is 11.3 Å². The molecule has 0 radical (unpaired) electrons. The number of nitrogens with one attached hydrogen (secondary N) is 1. The highest BCUT2D eigenvalue weighted by Crippen LogP contribution is 2.22. The van der Waals surface area contributed by atoms with E-state index in [4.69, 9.17) is 16.3 Å². The van der Waals surface area contributed by atoms with Crippen molar-refractivity contribution in [1.29, 1.82) is 0 Å². The van der Waals surface area contributed by atoms with Gasteiger partial charge in [0.15, 0.2) is 6.61 Å². The summed E-state index contributed by atoms with van der Waals surface area (Å²) in [5.74, 6) is -2.25. The minimum atomic E-state index is -0.879. The second kappa shape index (κ2) is 8.16. The lowest BCUT2D eigenvalue weighted by atomic mass is 10.2. The Bertz CT molecular complexity index is 803. The van der Waals surface area contributed by atoms with Crippen molar-refractivity contribution < 1.29 is 29.0 Å². The van der Waals surface area contributed by atoms with Gasteiger partial charge in [0.05, 0.1) is 12.7 Å². The summed E-state index contributed by atoms with van der Waals surface area (Å²) in [4.78, 5) is 35.0. The fourth-order valence-corrected chi connectivity index (χ4v) is 2.06. The number of anilines is 1. The molecule has 0 heterocycles. The zero-order valence-electron chi connectivity index (χ0n) is 13.1. The number of carbonyl (C=O) groups is 3. The van der Waals surface area contributed by atoms with Crippen molar-refractivity contribution in [2.45, 2.75) is 0 Å². The van der Waals surface area contributed by atoms with E-state index in [0.717, 1.165) is 0 Å². The van der Waals surface area contributed by atoms with E-state index in [9.17, 15) is 19.5 Å². The number of hydrogen-bond donors (Lipinski definition) is 2. The fourth-order valence-electron chi connectivity index (χ4n) is 1.89. The zero-order valence-corrected chi connectivity index (χ0v) is 13.9. The number of phenolic OH excluding ortho intramolecular Hbond substituents is 1.